The monoisotopic (exact) mass is 207 g/mol. The third-order valence-electron chi connectivity index (χ3n) is 1.21. The molecule has 0 aliphatic rings. The van der Waals surface area contributed by atoms with Crippen LogP contribution in [0.2, 0.25) is 0 Å². The molecule has 10 heavy (non-hydrogen) atoms. The fraction of sp³-hybridized carbons (Fsp3) is 0.857. The Morgan fingerprint density at radius 2 is 2.30 bits per heavy atom. The average Bonchev–Trinajstić information content (AvgIpc) is 1.89. The molecule has 0 heterocycles. The Labute approximate surface area is 70.1 Å². The van der Waals surface area contributed by atoms with Crippen molar-refractivity contribution >= 4 is 22.4 Å². The summed E-state index contributed by atoms with van der Waals surface area (Å²) in [6, 6.07) is 0. The predicted octanol–water partition coefficient (Wildman–Crippen LogP) is 2.37. The summed E-state index contributed by atoms with van der Waals surface area (Å²) in [6.07, 6.45) is 4.34. The molecule has 0 aromatic heterocycles. The molecule has 0 N–H and O–H groups in total. The summed E-state index contributed by atoms with van der Waals surface area (Å²) in [5.74, 6) is 0. The normalized spacial score (nSPS) is 12.6. The van der Waals surface area contributed by atoms with Crippen LogP contribution in [0.1, 0.15) is 32.6 Å². The molecule has 0 aromatic carbocycles. The second kappa shape index (κ2) is 7.06. The van der Waals surface area contributed by atoms with E-state index < -0.39 is 0 Å². The maximum Gasteiger partial charge on any atom is 0.418 e. The summed E-state index contributed by atoms with van der Waals surface area (Å²) in [4.78, 5) is 9.67. The summed E-state index contributed by atoms with van der Waals surface area (Å²) in [5, 5.41) is -0.142. The molecule has 0 amide bonds. The zero-order chi connectivity index (χ0) is 7.82. The second-order valence-corrected chi connectivity index (χ2v) is 3.13. The quantitative estimate of drug-likeness (QED) is 0.494. The lowest BCUT2D eigenvalue weighted by Crippen LogP contribution is -2.01. The summed E-state index contributed by atoms with van der Waals surface area (Å²) in [6.45, 7) is 3.53. The van der Waals surface area contributed by atoms with Crippen molar-refractivity contribution in [2.24, 2.45) is 0 Å². The van der Waals surface area contributed by atoms with E-state index in [2.05, 4.69) is 27.6 Å². The van der Waals surface area contributed by atoms with E-state index in [-0.39, 0.29) is 5.01 Å². The molecule has 1 atom stereocenters. The van der Waals surface area contributed by atoms with E-state index in [1.54, 1.807) is 0 Å². The number of ether oxygens (including phenoxy) is 1. The SMILES string of the molecule is CCCCCC(Br)O[C]=O. The highest BCUT2D eigenvalue weighted by atomic mass is 79.9. The highest BCUT2D eigenvalue weighted by Gasteiger charge is 2.01. The van der Waals surface area contributed by atoms with Crippen LogP contribution in [-0.2, 0) is 9.53 Å². The van der Waals surface area contributed by atoms with E-state index in [1.165, 1.54) is 19.3 Å². The van der Waals surface area contributed by atoms with Crippen molar-refractivity contribution in [2.75, 3.05) is 0 Å². The van der Waals surface area contributed by atoms with Gasteiger partial charge in [-0.05, 0) is 28.8 Å². The van der Waals surface area contributed by atoms with Crippen molar-refractivity contribution in [3.05, 3.63) is 0 Å². The van der Waals surface area contributed by atoms with Gasteiger partial charge in [0.25, 0.3) is 0 Å². The Morgan fingerprint density at radius 3 is 2.80 bits per heavy atom. The van der Waals surface area contributed by atoms with Gasteiger partial charge in [0.05, 0.1) is 0 Å². The van der Waals surface area contributed by atoms with Gasteiger partial charge in [-0.25, -0.2) is 4.79 Å². The molecular weight excluding hydrogens is 196 g/mol. The minimum absolute atomic E-state index is 0.142. The molecule has 0 rings (SSSR count). The number of halogens is 1. The third-order valence-corrected chi connectivity index (χ3v) is 1.86. The lowest BCUT2D eigenvalue weighted by Gasteiger charge is -2.04. The molecule has 0 fully saturated rings. The van der Waals surface area contributed by atoms with Crippen LogP contribution in [0.5, 0.6) is 0 Å². The standard InChI is InChI=1S/C7H12BrO2/c1-2-3-4-5-7(8)10-6-9/h7H,2-5H2,1H3. The number of hydrogen-bond donors (Lipinski definition) is 0. The van der Waals surface area contributed by atoms with Crippen LogP contribution >= 0.6 is 15.9 Å². The smallest absolute Gasteiger partial charge is 0.418 e. The van der Waals surface area contributed by atoms with Gasteiger partial charge < -0.3 is 4.74 Å². The van der Waals surface area contributed by atoms with Gasteiger partial charge in [0, 0.05) is 0 Å². The van der Waals surface area contributed by atoms with E-state index in [1.807, 2.05) is 0 Å². The van der Waals surface area contributed by atoms with Crippen LogP contribution in [-0.4, -0.2) is 11.5 Å². The minimum atomic E-state index is -0.142. The van der Waals surface area contributed by atoms with E-state index in [0.717, 1.165) is 12.8 Å². The molecule has 0 aliphatic heterocycles. The van der Waals surface area contributed by atoms with E-state index >= 15 is 0 Å². The zero-order valence-corrected chi connectivity index (χ0v) is 7.69. The fourth-order valence-electron chi connectivity index (χ4n) is 0.666. The summed E-state index contributed by atoms with van der Waals surface area (Å²) in [5.41, 5.74) is 0. The van der Waals surface area contributed by atoms with E-state index in [0.29, 0.717) is 0 Å². The van der Waals surface area contributed by atoms with Crippen molar-refractivity contribution in [3.63, 3.8) is 0 Å². The van der Waals surface area contributed by atoms with Crippen molar-refractivity contribution in [1.82, 2.24) is 0 Å². The molecule has 0 saturated carbocycles. The summed E-state index contributed by atoms with van der Waals surface area (Å²) < 4.78 is 4.50. The Hall–Kier alpha value is -0.0500. The number of carbonyl (C=O) groups excluding carboxylic acids is 1. The van der Waals surface area contributed by atoms with Gasteiger partial charge in [-0.3, -0.25) is 0 Å². The van der Waals surface area contributed by atoms with E-state index in [9.17, 15) is 4.79 Å². The highest BCUT2D eigenvalue weighted by Crippen LogP contribution is 2.10. The molecule has 0 spiro atoms. The van der Waals surface area contributed by atoms with Gasteiger partial charge in [0.2, 0.25) is 0 Å². The van der Waals surface area contributed by atoms with E-state index in [4.69, 9.17) is 0 Å². The van der Waals surface area contributed by atoms with Crippen LogP contribution in [0.25, 0.3) is 0 Å². The summed E-state index contributed by atoms with van der Waals surface area (Å²) in [7, 11) is 0. The molecule has 1 unspecified atom stereocenters. The first-order valence-electron chi connectivity index (χ1n) is 3.48. The zero-order valence-electron chi connectivity index (χ0n) is 6.10. The van der Waals surface area contributed by atoms with Gasteiger partial charge in [-0.1, -0.05) is 19.8 Å². The van der Waals surface area contributed by atoms with Crippen LogP contribution in [0.4, 0.5) is 0 Å². The third kappa shape index (κ3) is 6.08. The van der Waals surface area contributed by atoms with Crippen molar-refractivity contribution < 1.29 is 9.53 Å². The maximum atomic E-state index is 9.67. The molecule has 0 bridgehead atoms. The molecule has 0 saturated heterocycles. The van der Waals surface area contributed by atoms with Gasteiger partial charge in [-0.2, -0.15) is 0 Å². The summed E-state index contributed by atoms with van der Waals surface area (Å²) >= 11 is 3.18. The van der Waals surface area contributed by atoms with Gasteiger partial charge in [0.1, 0.15) is 0 Å². The molecule has 0 aliphatic carbocycles. The maximum absolute atomic E-state index is 9.67. The Kier molecular flexibility index (Phi) is 7.03. The Bertz CT molecular complexity index is 85.7. The molecule has 3 heteroatoms. The van der Waals surface area contributed by atoms with Gasteiger partial charge in [-0.15, -0.1) is 0 Å². The molecule has 0 aromatic rings. The second-order valence-electron chi connectivity index (χ2n) is 2.11. The van der Waals surface area contributed by atoms with Crippen LogP contribution in [0.15, 0.2) is 0 Å². The van der Waals surface area contributed by atoms with Crippen LogP contribution in [0, 0.1) is 0 Å². The molecule has 2 nitrogen and oxygen atoms in total. The highest BCUT2D eigenvalue weighted by molar-refractivity contribution is 9.09. The largest absolute Gasteiger partial charge is 0.442 e. The molecule has 59 valence electrons. The van der Waals surface area contributed by atoms with Crippen molar-refractivity contribution in [2.45, 2.75) is 37.6 Å². The molecular formula is C7H12BrO2. The number of alkyl halides is 1. The number of rotatable bonds is 6. The Morgan fingerprint density at radius 1 is 1.60 bits per heavy atom. The first-order chi connectivity index (χ1) is 4.81. The average molecular weight is 208 g/mol. The Balaban J connectivity index is 3.04. The van der Waals surface area contributed by atoms with Gasteiger partial charge >= 0.3 is 6.47 Å². The lowest BCUT2D eigenvalue weighted by molar-refractivity contribution is 0.245. The van der Waals surface area contributed by atoms with Crippen LogP contribution < -0.4 is 0 Å². The topological polar surface area (TPSA) is 26.3 Å². The van der Waals surface area contributed by atoms with Crippen LogP contribution in [0.3, 0.4) is 0 Å². The number of unbranched alkanes of at least 4 members (excludes halogenated alkanes) is 2. The van der Waals surface area contributed by atoms with Crippen molar-refractivity contribution in [3.8, 4) is 0 Å². The number of hydrogen-bond acceptors (Lipinski definition) is 2. The lowest BCUT2D eigenvalue weighted by atomic mass is 10.2. The first-order valence-corrected chi connectivity index (χ1v) is 4.39. The fourth-order valence-corrected chi connectivity index (χ4v) is 1.07. The molecule has 1 radical (unpaired) electrons. The van der Waals surface area contributed by atoms with Crippen molar-refractivity contribution in [1.29, 1.82) is 0 Å². The predicted molar refractivity (Wildman–Crippen MR) is 43.6 cm³/mol. The van der Waals surface area contributed by atoms with Gasteiger partial charge in [0.15, 0.2) is 5.01 Å². The minimum Gasteiger partial charge on any atom is -0.442 e. The first kappa shape index (κ1) is 9.95.